The Labute approximate surface area is 118 Å². The predicted molar refractivity (Wildman–Crippen MR) is 74.0 cm³/mol. The quantitative estimate of drug-likeness (QED) is 0.758. The Hall–Kier alpha value is -2.08. The number of amides is 2. The van der Waals surface area contributed by atoms with Crippen LogP contribution in [0.1, 0.15) is 5.56 Å². The van der Waals surface area contributed by atoms with Gasteiger partial charge in [0.05, 0.1) is 6.54 Å². The number of nitrogens with two attached hydrogens (primary N) is 1. The van der Waals surface area contributed by atoms with Crippen molar-refractivity contribution in [3.8, 4) is 5.75 Å². The molecule has 6 heteroatoms. The van der Waals surface area contributed by atoms with E-state index in [2.05, 4.69) is 0 Å². The maximum atomic E-state index is 11.8. The van der Waals surface area contributed by atoms with E-state index in [9.17, 15) is 9.59 Å². The third-order valence-electron chi connectivity index (χ3n) is 3.33. The molecule has 1 heterocycles. The lowest BCUT2D eigenvalue weighted by Gasteiger charge is -2.31. The molecule has 1 fully saturated rings. The lowest BCUT2D eigenvalue weighted by molar-refractivity contribution is -0.155. The molecule has 1 aliphatic rings. The fourth-order valence-electron chi connectivity index (χ4n) is 2.06. The Balaban J connectivity index is 1.87. The van der Waals surface area contributed by atoms with Crippen molar-refractivity contribution in [2.24, 2.45) is 5.73 Å². The van der Waals surface area contributed by atoms with Crippen molar-refractivity contribution in [3.63, 3.8) is 0 Å². The summed E-state index contributed by atoms with van der Waals surface area (Å²) >= 11 is 0. The first-order chi connectivity index (χ1) is 9.63. The summed E-state index contributed by atoms with van der Waals surface area (Å²) in [5.74, 6) is -0.198. The average molecular weight is 277 g/mol. The summed E-state index contributed by atoms with van der Waals surface area (Å²) in [6.45, 7) is 2.26. The molecule has 0 aromatic heterocycles. The van der Waals surface area contributed by atoms with Crippen LogP contribution in [0.4, 0.5) is 0 Å². The van der Waals surface area contributed by atoms with Crippen LogP contribution in [0.5, 0.6) is 5.75 Å². The zero-order valence-electron chi connectivity index (χ0n) is 11.5. The lowest BCUT2D eigenvalue weighted by atomic mass is 10.2. The number of ether oxygens (including phenoxy) is 1. The van der Waals surface area contributed by atoms with Crippen LogP contribution in [0.25, 0.3) is 0 Å². The number of carbonyl (C=O) groups is 2. The van der Waals surface area contributed by atoms with Crippen molar-refractivity contribution in [2.75, 3.05) is 33.3 Å². The lowest BCUT2D eigenvalue weighted by Crippen LogP contribution is -2.53. The monoisotopic (exact) mass is 277 g/mol. The fourth-order valence-corrected chi connectivity index (χ4v) is 2.06. The second-order valence-corrected chi connectivity index (χ2v) is 4.68. The number of para-hydroxylation sites is 1. The third kappa shape index (κ3) is 3.08. The summed E-state index contributed by atoms with van der Waals surface area (Å²) in [4.78, 5) is 26.3. The minimum absolute atomic E-state index is 0.347. The van der Waals surface area contributed by atoms with Crippen LogP contribution < -0.4 is 10.5 Å². The maximum Gasteiger partial charge on any atom is 0.312 e. The standard InChI is InChI=1S/C14H19N3O3/c1-16-6-7-17(14(19)13(16)18)8-9-20-12-5-3-2-4-11(12)10-15/h2-5H,6-10,15H2,1H3. The van der Waals surface area contributed by atoms with Gasteiger partial charge in [0.1, 0.15) is 12.4 Å². The van der Waals surface area contributed by atoms with Crippen LogP contribution in [0.2, 0.25) is 0 Å². The van der Waals surface area contributed by atoms with Crippen molar-refractivity contribution in [2.45, 2.75) is 6.54 Å². The molecular formula is C14H19N3O3. The number of carbonyl (C=O) groups excluding carboxylic acids is 2. The highest BCUT2D eigenvalue weighted by atomic mass is 16.5. The highest BCUT2D eigenvalue weighted by Gasteiger charge is 2.29. The second kappa shape index (κ2) is 6.38. The molecular weight excluding hydrogens is 258 g/mol. The molecule has 0 radical (unpaired) electrons. The number of piperazine rings is 1. The molecule has 1 aromatic rings. The van der Waals surface area contributed by atoms with Crippen molar-refractivity contribution < 1.29 is 14.3 Å². The summed E-state index contributed by atoms with van der Waals surface area (Å²) in [7, 11) is 1.63. The minimum Gasteiger partial charge on any atom is -0.491 e. The number of likely N-dealkylation sites (N-methyl/N-ethyl adjacent to an activating group) is 1. The maximum absolute atomic E-state index is 11.8. The van der Waals surface area contributed by atoms with Gasteiger partial charge in [0.15, 0.2) is 0 Å². The van der Waals surface area contributed by atoms with Gasteiger partial charge in [-0.2, -0.15) is 0 Å². The second-order valence-electron chi connectivity index (χ2n) is 4.68. The molecule has 0 saturated carbocycles. The Morgan fingerprint density at radius 1 is 1.20 bits per heavy atom. The van der Waals surface area contributed by atoms with Gasteiger partial charge in [-0.15, -0.1) is 0 Å². The molecule has 20 heavy (non-hydrogen) atoms. The van der Waals surface area contributed by atoms with Crippen molar-refractivity contribution >= 4 is 11.8 Å². The van der Waals surface area contributed by atoms with E-state index in [-0.39, 0.29) is 0 Å². The molecule has 0 bridgehead atoms. The van der Waals surface area contributed by atoms with Crippen molar-refractivity contribution in [1.29, 1.82) is 0 Å². The zero-order chi connectivity index (χ0) is 14.5. The number of benzene rings is 1. The number of hydrogen-bond donors (Lipinski definition) is 1. The van der Waals surface area contributed by atoms with Crippen molar-refractivity contribution in [3.05, 3.63) is 29.8 Å². The summed E-state index contributed by atoms with van der Waals surface area (Å²) in [6, 6.07) is 7.52. The van der Waals surface area contributed by atoms with Gasteiger partial charge >= 0.3 is 11.8 Å². The molecule has 1 aromatic carbocycles. The van der Waals surface area contributed by atoms with Crippen LogP contribution in [0, 0.1) is 0 Å². The van der Waals surface area contributed by atoms with Crippen LogP contribution in [0.3, 0.4) is 0 Å². The first kappa shape index (κ1) is 14.3. The minimum atomic E-state index is -0.463. The van der Waals surface area contributed by atoms with Gasteiger partial charge in [0.2, 0.25) is 0 Å². The molecule has 0 unspecified atom stereocenters. The van der Waals surface area contributed by atoms with E-state index >= 15 is 0 Å². The molecule has 108 valence electrons. The van der Waals surface area contributed by atoms with Gasteiger partial charge in [-0.3, -0.25) is 9.59 Å². The van der Waals surface area contributed by atoms with E-state index < -0.39 is 11.8 Å². The van der Waals surface area contributed by atoms with E-state index in [4.69, 9.17) is 10.5 Å². The van der Waals surface area contributed by atoms with Crippen molar-refractivity contribution in [1.82, 2.24) is 9.80 Å². The molecule has 0 aliphatic carbocycles. The Morgan fingerprint density at radius 3 is 2.70 bits per heavy atom. The van der Waals surface area contributed by atoms with Gasteiger partial charge in [-0.25, -0.2) is 0 Å². The molecule has 2 amide bonds. The summed E-state index contributed by atoms with van der Waals surface area (Å²) in [5.41, 5.74) is 6.55. The Bertz CT molecular complexity index is 504. The fraction of sp³-hybridized carbons (Fsp3) is 0.429. The highest BCUT2D eigenvalue weighted by Crippen LogP contribution is 2.17. The van der Waals surface area contributed by atoms with Gasteiger partial charge in [-0.05, 0) is 6.07 Å². The first-order valence-corrected chi connectivity index (χ1v) is 6.58. The van der Waals surface area contributed by atoms with Gasteiger partial charge in [0.25, 0.3) is 0 Å². The number of hydrogen-bond acceptors (Lipinski definition) is 4. The predicted octanol–water partition coefficient (Wildman–Crippen LogP) is -0.175. The third-order valence-corrected chi connectivity index (χ3v) is 3.33. The largest absolute Gasteiger partial charge is 0.491 e. The van der Waals surface area contributed by atoms with E-state index in [1.54, 1.807) is 7.05 Å². The first-order valence-electron chi connectivity index (χ1n) is 6.58. The molecule has 1 aliphatic heterocycles. The van der Waals surface area contributed by atoms with Crippen LogP contribution >= 0.6 is 0 Å². The molecule has 2 N–H and O–H groups in total. The van der Waals surface area contributed by atoms with Gasteiger partial charge in [-0.1, -0.05) is 18.2 Å². The average Bonchev–Trinajstić information content (AvgIpc) is 2.47. The van der Waals surface area contributed by atoms with E-state index in [1.165, 1.54) is 9.80 Å². The van der Waals surface area contributed by atoms with Crippen LogP contribution in [0.15, 0.2) is 24.3 Å². The Kier molecular flexibility index (Phi) is 4.57. The van der Waals surface area contributed by atoms with E-state index in [0.29, 0.717) is 32.8 Å². The smallest absolute Gasteiger partial charge is 0.312 e. The number of rotatable bonds is 5. The Morgan fingerprint density at radius 2 is 1.95 bits per heavy atom. The summed E-state index contributed by atoms with van der Waals surface area (Å²) in [6.07, 6.45) is 0. The normalized spacial score (nSPS) is 15.7. The van der Waals surface area contributed by atoms with Gasteiger partial charge < -0.3 is 20.3 Å². The summed E-state index contributed by atoms with van der Waals surface area (Å²) < 4.78 is 5.64. The number of nitrogens with zero attached hydrogens (tertiary/aromatic N) is 2. The summed E-state index contributed by atoms with van der Waals surface area (Å²) in [5, 5.41) is 0. The molecule has 6 nitrogen and oxygen atoms in total. The highest BCUT2D eigenvalue weighted by molar-refractivity contribution is 6.35. The zero-order valence-corrected chi connectivity index (χ0v) is 11.5. The van der Waals surface area contributed by atoms with Crippen LogP contribution in [-0.4, -0.2) is 54.9 Å². The molecule has 2 rings (SSSR count). The van der Waals surface area contributed by atoms with E-state index in [1.807, 2.05) is 24.3 Å². The SMILES string of the molecule is CN1CCN(CCOc2ccccc2CN)C(=O)C1=O. The van der Waals surface area contributed by atoms with Crippen LogP contribution in [-0.2, 0) is 16.1 Å². The van der Waals surface area contributed by atoms with E-state index in [0.717, 1.165) is 11.3 Å². The molecule has 0 atom stereocenters. The molecule has 1 saturated heterocycles. The van der Waals surface area contributed by atoms with Gasteiger partial charge in [0, 0.05) is 32.2 Å². The molecule has 0 spiro atoms. The topological polar surface area (TPSA) is 75.9 Å².